The Kier molecular flexibility index (Phi) is 12.2. The Labute approximate surface area is 175 Å². The lowest BCUT2D eigenvalue weighted by Gasteiger charge is -2.36. The summed E-state index contributed by atoms with van der Waals surface area (Å²) < 4.78 is 5.49. The highest BCUT2D eigenvalue weighted by atomic mass is 127. The number of guanidine groups is 1. The number of hydrogen-bond donors (Lipinski definition) is 2. The average Bonchev–Trinajstić information content (AvgIpc) is 2.55. The van der Waals surface area contributed by atoms with Crippen molar-refractivity contribution >= 4 is 36.0 Å². The van der Waals surface area contributed by atoms with Crippen LogP contribution in [0.4, 0.5) is 4.79 Å². The van der Waals surface area contributed by atoms with E-state index in [9.17, 15) is 4.79 Å². The van der Waals surface area contributed by atoms with Gasteiger partial charge in [0.2, 0.25) is 0 Å². The molecule has 2 N–H and O–H groups in total. The standard InChI is InChI=1S/C18H36N4O3.HI/c1-6-19-16(20-10-13-23)22-11-8-15(9-12-22)14-21(7-2)17(24)25-18(3,4)5;/h15,23H,6-14H2,1-5H3,(H,19,20);1H. The number of hydrogen-bond acceptors (Lipinski definition) is 4. The van der Waals surface area contributed by atoms with Crippen molar-refractivity contribution in [2.24, 2.45) is 10.9 Å². The van der Waals surface area contributed by atoms with E-state index in [0.717, 1.165) is 45.0 Å². The van der Waals surface area contributed by atoms with E-state index in [-0.39, 0.29) is 36.7 Å². The Hall–Kier alpha value is -0.770. The molecule has 0 spiro atoms. The molecule has 0 unspecified atom stereocenters. The average molecular weight is 484 g/mol. The van der Waals surface area contributed by atoms with Crippen LogP contribution in [-0.4, -0.2) is 78.4 Å². The van der Waals surface area contributed by atoms with Crippen LogP contribution in [-0.2, 0) is 4.74 Å². The van der Waals surface area contributed by atoms with Gasteiger partial charge in [0.05, 0.1) is 13.2 Å². The summed E-state index contributed by atoms with van der Waals surface area (Å²) in [5, 5.41) is 12.3. The third-order valence-electron chi connectivity index (χ3n) is 4.12. The van der Waals surface area contributed by atoms with Crippen LogP contribution in [0.5, 0.6) is 0 Å². The van der Waals surface area contributed by atoms with Gasteiger partial charge in [0.1, 0.15) is 5.60 Å². The van der Waals surface area contributed by atoms with Crippen LogP contribution in [0.1, 0.15) is 47.5 Å². The molecule has 154 valence electrons. The van der Waals surface area contributed by atoms with Crippen molar-refractivity contribution in [1.82, 2.24) is 15.1 Å². The number of aliphatic hydroxyl groups excluding tert-OH is 1. The van der Waals surface area contributed by atoms with Crippen LogP contribution in [0.15, 0.2) is 4.99 Å². The van der Waals surface area contributed by atoms with Crippen LogP contribution in [0.3, 0.4) is 0 Å². The first-order valence-electron chi connectivity index (χ1n) is 9.42. The molecule has 8 heteroatoms. The summed E-state index contributed by atoms with van der Waals surface area (Å²) in [7, 11) is 0. The molecule has 0 aromatic heterocycles. The zero-order chi connectivity index (χ0) is 18.9. The van der Waals surface area contributed by atoms with Gasteiger partial charge in [-0.1, -0.05) is 0 Å². The minimum absolute atomic E-state index is 0. The van der Waals surface area contributed by atoms with Crippen molar-refractivity contribution in [3.05, 3.63) is 0 Å². The predicted molar refractivity (Wildman–Crippen MR) is 116 cm³/mol. The van der Waals surface area contributed by atoms with Crippen molar-refractivity contribution in [3.63, 3.8) is 0 Å². The largest absolute Gasteiger partial charge is 0.444 e. The fourth-order valence-electron chi connectivity index (χ4n) is 2.88. The SMILES string of the molecule is CCNC(=NCCO)N1CCC(CN(CC)C(=O)OC(C)(C)C)CC1.I. The molecule has 26 heavy (non-hydrogen) atoms. The molecule has 1 rings (SSSR count). The number of carbonyl (C=O) groups excluding carboxylic acids is 1. The monoisotopic (exact) mass is 484 g/mol. The second kappa shape index (κ2) is 12.6. The zero-order valence-electron chi connectivity index (χ0n) is 17.0. The van der Waals surface area contributed by atoms with Crippen molar-refractivity contribution in [3.8, 4) is 0 Å². The molecule has 0 radical (unpaired) electrons. The number of nitrogens with one attached hydrogen (secondary N) is 1. The Morgan fingerprint density at radius 2 is 1.92 bits per heavy atom. The number of ether oxygens (including phenoxy) is 1. The van der Waals surface area contributed by atoms with E-state index < -0.39 is 5.60 Å². The molecule has 1 aliphatic heterocycles. The van der Waals surface area contributed by atoms with E-state index in [1.807, 2.05) is 34.6 Å². The number of amides is 1. The molecular weight excluding hydrogens is 447 g/mol. The number of halogens is 1. The highest BCUT2D eigenvalue weighted by Gasteiger charge is 2.27. The van der Waals surface area contributed by atoms with E-state index in [1.54, 1.807) is 4.90 Å². The second-order valence-corrected chi connectivity index (χ2v) is 7.41. The highest BCUT2D eigenvalue weighted by molar-refractivity contribution is 14.0. The summed E-state index contributed by atoms with van der Waals surface area (Å²) in [4.78, 5) is 20.7. The van der Waals surface area contributed by atoms with Crippen molar-refractivity contribution < 1.29 is 14.6 Å². The van der Waals surface area contributed by atoms with Gasteiger partial charge < -0.3 is 25.0 Å². The number of rotatable bonds is 6. The summed E-state index contributed by atoms with van der Waals surface area (Å²) in [5.41, 5.74) is -0.461. The summed E-state index contributed by atoms with van der Waals surface area (Å²) in [6.45, 7) is 14.2. The van der Waals surface area contributed by atoms with Crippen LogP contribution < -0.4 is 5.32 Å². The molecule has 0 aromatic rings. The Morgan fingerprint density at radius 3 is 2.38 bits per heavy atom. The fraction of sp³-hybridized carbons (Fsp3) is 0.889. The molecule has 7 nitrogen and oxygen atoms in total. The molecule has 1 heterocycles. The number of piperidine rings is 1. The van der Waals surface area contributed by atoms with Gasteiger partial charge in [-0.3, -0.25) is 4.99 Å². The fourth-order valence-corrected chi connectivity index (χ4v) is 2.88. The van der Waals surface area contributed by atoms with Crippen molar-refractivity contribution in [1.29, 1.82) is 0 Å². The molecule has 1 saturated heterocycles. The lowest BCUT2D eigenvalue weighted by molar-refractivity contribution is 0.0214. The topological polar surface area (TPSA) is 77.4 Å². The Balaban J connectivity index is 0.00000625. The summed E-state index contributed by atoms with van der Waals surface area (Å²) >= 11 is 0. The van der Waals surface area contributed by atoms with Gasteiger partial charge in [0, 0.05) is 32.7 Å². The Morgan fingerprint density at radius 1 is 1.31 bits per heavy atom. The normalized spacial score (nSPS) is 16.1. The molecule has 0 bridgehead atoms. The minimum atomic E-state index is -0.461. The molecule has 0 atom stereocenters. The number of aliphatic imine (C=N–C) groups is 1. The summed E-state index contributed by atoms with van der Waals surface area (Å²) in [5.74, 6) is 1.35. The number of nitrogens with zero attached hydrogens (tertiary/aromatic N) is 3. The third kappa shape index (κ3) is 9.25. The van der Waals surface area contributed by atoms with Gasteiger partial charge in [-0.2, -0.15) is 0 Å². The maximum Gasteiger partial charge on any atom is 0.410 e. The molecule has 0 aromatic carbocycles. The highest BCUT2D eigenvalue weighted by Crippen LogP contribution is 2.20. The summed E-state index contributed by atoms with van der Waals surface area (Å²) in [6.07, 6.45) is 1.81. The first-order chi connectivity index (χ1) is 11.8. The van der Waals surface area contributed by atoms with E-state index in [2.05, 4.69) is 15.2 Å². The minimum Gasteiger partial charge on any atom is -0.444 e. The molecule has 1 aliphatic rings. The van der Waals surface area contributed by atoms with E-state index in [0.29, 0.717) is 19.0 Å². The lowest BCUT2D eigenvalue weighted by Crippen LogP contribution is -2.48. The van der Waals surface area contributed by atoms with Gasteiger partial charge in [-0.15, -0.1) is 24.0 Å². The van der Waals surface area contributed by atoms with E-state index in [1.165, 1.54) is 0 Å². The summed E-state index contributed by atoms with van der Waals surface area (Å²) in [6, 6.07) is 0. The predicted octanol–water partition coefficient (Wildman–Crippen LogP) is 2.53. The maximum atomic E-state index is 12.3. The van der Waals surface area contributed by atoms with E-state index >= 15 is 0 Å². The van der Waals surface area contributed by atoms with Gasteiger partial charge in [0.25, 0.3) is 0 Å². The van der Waals surface area contributed by atoms with Gasteiger partial charge in [0.15, 0.2) is 5.96 Å². The van der Waals surface area contributed by atoms with Gasteiger partial charge in [-0.25, -0.2) is 4.79 Å². The maximum absolute atomic E-state index is 12.3. The third-order valence-corrected chi connectivity index (χ3v) is 4.12. The Bertz CT molecular complexity index is 433. The number of aliphatic hydroxyl groups is 1. The molecular formula is C18H37IN4O3. The number of likely N-dealkylation sites (tertiary alicyclic amines) is 1. The zero-order valence-corrected chi connectivity index (χ0v) is 19.3. The smallest absolute Gasteiger partial charge is 0.410 e. The number of carbonyl (C=O) groups is 1. The first-order valence-corrected chi connectivity index (χ1v) is 9.42. The first kappa shape index (κ1) is 25.2. The van der Waals surface area contributed by atoms with Crippen LogP contribution in [0.25, 0.3) is 0 Å². The van der Waals surface area contributed by atoms with Crippen LogP contribution in [0, 0.1) is 5.92 Å². The molecule has 1 amide bonds. The van der Waals surface area contributed by atoms with Gasteiger partial charge in [-0.05, 0) is 53.4 Å². The lowest BCUT2D eigenvalue weighted by atomic mass is 9.96. The van der Waals surface area contributed by atoms with Gasteiger partial charge >= 0.3 is 6.09 Å². The molecule has 1 fully saturated rings. The van der Waals surface area contributed by atoms with Crippen LogP contribution >= 0.6 is 24.0 Å². The van der Waals surface area contributed by atoms with Crippen LogP contribution in [0.2, 0.25) is 0 Å². The van der Waals surface area contributed by atoms with Crippen molar-refractivity contribution in [2.75, 3.05) is 45.9 Å². The van der Waals surface area contributed by atoms with Crippen molar-refractivity contribution in [2.45, 2.75) is 53.1 Å². The molecule has 0 saturated carbocycles. The second-order valence-electron chi connectivity index (χ2n) is 7.41. The quantitative estimate of drug-likeness (QED) is 0.344. The van der Waals surface area contributed by atoms with E-state index in [4.69, 9.17) is 9.84 Å². The molecule has 0 aliphatic carbocycles.